The minimum absolute atomic E-state index is 0. The Bertz CT molecular complexity index is 711. The highest BCUT2D eigenvalue weighted by Gasteiger charge is 2.25. The standard InChI is InChI=1S/C16H19BrN2O2S.ClH/c17-15-8-4-5-9-16(15)22(20,21)19(13-11-18)12-10-14-6-2-1-3-7-14;/h1-9H,10-13,18H2;1H. The van der Waals surface area contributed by atoms with E-state index in [4.69, 9.17) is 5.73 Å². The molecule has 7 heteroatoms. The van der Waals surface area contributed by atoms with Crippen LogP contribution in [0.15, 0.2) is 64.0 Å². The molecule has 2 aromatic rings. The van der Waals surface area contributed by atoms with Crippen LogP contribution >= 0.6 is 28.3 Å². The van der Waals surface area contributed by atoms with Gasteiger partial charge in [0, 0.05) is 24.1 Å². The van der Waals surface area contributed by atoms with Crippen molar-refractivity contribution in [2.75, 3.05) is 19.6 Å². The maximum Gasteiger partial charge on any atom is 0.244 e. The number of halogens is 2. The molecule has 0 unspecified atom stereocenters. The second kappa shape index (κ2) is 9.39. The molecule has 4 nitrogen and oxygen atoms in total. The lowest BCUT2D eigenvalue weighted by atomic mass is 10.1. The third kappa shape index (κ3) is 5.29. The van der Waals surface area contributed by atoms with Crippen LogP contribution in [0.3, 0.4) is 0 Å². The zero-order valence-electron chi connectivity index (χ0n) is 12.6. The molecule has 0 radical (unpaired) electrons. The second-order valence-corrected chi connectivity index (χ2v) is 7.62. The summed E-state index contributed by atoms with van der Waals surface area (Å²) in [4.78, 5) is 0.275. The SMILES string of the molecule is Cl.NCCN(CCc1ccccc1)S(=O)(=O)c1ccccc1Br. The number of sulfonamides is 1. The van der Waals surface area contributed by atoms with E-state index < -0.39 is 10.0 Å². The first-order valence-electron chi connectivity index (χ1n) is 7.04. The van der Waals surface area contributed by atoms with Crippen molar-refractivity contribution in [3.8, 4) is 0 Å². The van der Waals surface area contributed by atoms with Gasteiger partial charge in [-0.05, 0) is 40.0 Å². The first-order chi connectivity index (χ1) is 10.6. The first kappa shape index (κ1) is 20.1. The highest BCUT2D eigenvalue weighted by atomic mass is 79.9. The maximum absolute atomic E-state index is 12.8. The smallest absolute Gasteiger partial charge is 0.244 e. The molecule has 0 heterocycles. The van der Waals surface area contributed by atoms with E-state index in [2.05, 4.69) is 15.9 Å². The Kier molecular flexibility index (Phi) is 8.22. The van der Waals surface area contributed by atoms with Crippen LogP contribution in [0.5, 0.6) is 0 Å². The second-order valence-electron chi connectivity index (χ2n) is 4.86. The first-order valence-corrected chi connectivity index (χ1v) is 9.27. The average Bonchev–Trinajstić information content (AvgIpc) is 2.52. The summed E-state index contributed by atoms with van der Waals surface area (Å²) >= 11 is 3.31. The minimum atomic E-state index is -3.56. The van der Waals surface area contributed by atoms with Crippen LogP contribution in [0.1, 0.15) is 5.56 Å². The number of nitrogens with zero attached hydrogens (tertiary/aromatic N) is 1. The van der Waals surface area contributed by atoms with Crippen molar-refractivity contribution in [2.24, 2.45) is 5.73 Å². The maximum atomic E-state index is 12.8. The van der Waals surface area contributed by atoms with Crippen LogP contribution in [0.2, 0.25) is 0 Å². The van der Waals surface area contributed by atoms with Crippen molar-refractivity contribution in [1.82, 2.24) is 4.31 Å². The molecule has 0 aromatic heterocycles. The molecular formula is C16H20BrClN2O2S. The number of hydrogen-bond acceptors (Lipinski definition) is 3. The Hall–Kier alpha value is -0.920. The Morgan fingerprint density at radius 1 is 0.957 bits per heavy atom. The van der Waals surface area contributed by atoms with Gasteiger partial charge in [-0.3, -0.25) is 0 Å². The quantitative estimate of drug-likeness (QED) is 0.750. The molecular weight excluding hydrogens is 400 g/mol. The molecule has 0 fully saturated rings. The summed E-state index contributed by atoms with van der Waals surface area (Å²) in [5.41, 5.74) is 6.70. The number of benzene rings is 2. The van der Waals surface area contributed by atoms with Gasteiger partial charge in [0.05, 0.1) is 4.90 Å². The van der Waals surface area contributed by atoms with Crippen LogP contribution in [-0.4, -0.2) is 32.4 Å². The van der Waals surface area contributed by atoms with E-state index in [9.17, 15) is 8.42 Å². The van der Waals surface area contributed by atoms with Crippen LogP contribution in [0, 0.1) is 0 Å². The minimum Gasteiger partial charge on any atom is -0.329 e. The van der Waals surface area contributed by atoms with Gasteiger partial charge < -0.3 is 5.73 Å². The Labute approximate surface area is 152 Å². The fraction of sp³-hybridized carbons (Fsp3) is 0.250. The number of nitrogens with two attached hydrogens (primary N) is 1. The van der Waals surface area contributed by atoms with E-state index in [-0.39, 0.29) is 17.3 Å². The van der Waals surface area contributed by atoms with Gasteiger partial charge in [-0.2, -0.15) is 4.31 Å². The number of hydrogen-bond donors (Lipinski definition) is 1. The van der Waals surface area contributed by atoms with Gasteiger partial charge in [-0.25, -0.2) is 8.42 Å². The van der Waals surface area contributed by atoms with Crippen molar-refractivity contribution in [3.63, 3.8) is 0 Å². The molecule has 0 aliphatic heterocycles. The lowest BCUT2D eigenvalue weighted by Gasteiger charge is -2.22. The predicted molar refractivity (Wildman–Crippen MR) is 99.3 cm³/mol. The van der Waals surface area contributed by atoms with Crippen molar-refractivity contribution in [3.05, 3.63) is 64.6 Å². The average molecular weight is 420 g/mol. The summed E-state index contributed by atoms with van der Waals surface area (Å²) in [6.07, 6.45) is 0.657. The summed E-state index contributed by atoms with van der Waals surface area (Å²) in [6, 6.07) is 16.7. The predicted octanol–water partition coefficient (Wildman–Crippen LogP) is 3.06. The van der Waals surface area contributed by atoms with Gasteiger partial charge in [0.25, 0.3) is 0 Å². The molecule has 2 rings (SSSR count). The van der Waals surface area contributed by atoms with E-state index in [1.807, 2.05) is 30.3 Å². The summed E-state index contributed by atoms with van der Waals surface area (Å²) in [7, 11) is -3.56. The molecule has 23 heavy (non-hydrogen) atoms. The highest BCUT2D eigenvalue weighted by molar-refractivity contribution is 9.10. The molecule has 0 atom stereocenters. The van der Waals surface area contributed by atoms with Crippen LogP contribution in [-0.2, 0) is 16.4 Å². The van der Waals surface area contributed by atoms with Crippen LogP contribution < -0.4 is 5.73 Å². The summed E-state index contributed by atoms with van der Waals surface area (Å²) in [6.45, 7) is 1.000. The monoisotopic (exact) mass is 418 g/mol. The van der Waals surface area contributed by atoms with E-state index in [1.165, 1.54) is 4.31 Å². The van der Waals surface area contributed by atoms with Crippen molar-refractivity contribution in [1.29, 1.82) is 0 Å². The van der Waals surface area contributed by atoms with E-state index in [0.717, 1.165) is 5.56 Å². The van der Waals surface area contributed by atoms with Gasteiger partial charge >= 0.3 is 0 Å². The van der Waals surface area contributed by atoms with E-state index >= 15 is 0 Å². The highest BCUT2D eigenvalue weighted by Crippen LogP contribution is 2.24. The summed E-state index contributed by atoms with van der Waals surface area (Å²) < 4.78 is 27.6. The van der Waals surface area contributed by atoms with Gasteiger partial charge in [0.1, 0.15) is 0 Å². The van der Waals surface area contributed by atoms with Gasteiger partial charge in [0.2, 0.25) is 10.0 Å². The fourth-order valence-corrected chi connectivity index (χ4v) is 4.61. The Balaban J connectivity index is 0.00000264. The zero-order chi connectivity index (χ0) is 16.0. The Morgan fingerprint density at radius 3 is 2.17 bits per heavy atom. The summed E-state index contributed by atoms with van der Waals surface area (Å²) in [5.74, 6) is 0. The van der Waals surface area contributed by atoms with Crippen molar-refractivity contribution >= 4 is 38.4 Å². The lowest BCUT2D eigenvalue weighted by Crippen LogP contribution is -2.37. The van der Waals surface area contributed by atoms with E-state index in [0.29, 0.717) is 30.5 Å². The molecule has 2 N–H and O–H groups in total. The Morgan fingerprint density at radius 2 is 1.57 bits per heavy atom. The number of rotatable bonds is 7. The lowest BCUT2D eigenvalue weighted by molar-refractivity contribution is 0.421. The molecule has 0 aliphatic rings. The molecule has 0 amide bonds. The van der Waals surface area contributed by atoms with Gasteiger partial charge in [0.15, 0.2) is 0 Å². The fourth-order valence-electron chi connectivity index (χ4n) is 2.19. The van der Waals surface area contributed by atoms with Crippen molar-refractivity contribution < 1.29 is 8.42 Å². The largest absolute Gasteiger partial charge is 0.329 e. The normalized spacial score (nSPS) is 11.3. The van der Waals surface area contributed by atoms with Crippen LogP contribution in [0.4, 0.5) is 0 Å². The molecule has 0 spiro atoms. The zero-order valence-corrected chi connectivity index (χ0v) is 15.8. The van der Waals surface area contributed by atoms with Crippen molar-refractivity contribution in [2.45, 2.75) is 11.3 Å². The molecule has 0 bridgehead atoms. The third-order valence-corrected chi connectivity index (χ3v) is 6.24. The molecule has 0 aliphatic carbocycles. The van der Waals surface area contributed by atoms with Crippen LogP contribution in [0.25, 0.3) is 0 Å². The molecule has 2 aromatic carbocycles. The molecule has 0 saturated heterocycles. The molecule has 126 valence electrons. The van der Waals surface area contributed by atoms with Gasteiger partial charge in [-0.15, -0.1) is 12.4 Å². The van der Waals surface area contributed by atoms with E-state index in [1.54, 1.807) is 24.3 Å². The topological polar surface area (TPSA) is 63.4 Å². The van der Waals surface area contributed by atoms with Gasteiger partial charge in [-0.1, -0.05) is 42.5 Å². The molecule has 0 saturated carbocycles. The third-order valence-electron chi connectivity index (χ3n) is 3.33. The summed E-state index contributed by atoms with van der Waals surface area (Å²) in [5, 5.41) is 0.